The number of nitrogens with zero attached hydrogens (tertiary/aromatic N) is 4. The maximum atomic E-state index is 13.7. The summed E-state index contributed by atoms with van der Waals surface area (Å²) in [6.45, 7) is 2.17. The van der Waals surface area contributed by atoms with Crippen LogP contribution in [0.25, 0.3) is 16.9 Å². The van der Waals surface area contributed by atoms with Crippen LogP contribution in [-0.4, -0.2) is 56.5 Å². The summed E-state index contributed by atoms with van der Waals surface area (Å²) in [6, 6.07) is 1.75. The molecule has 4 heterocycles. The molecule has 0 spiro atoms. The molecular formula is C23H20ClF4N5O3. The van der Waals surface area contributed by atoms with E-state index < -0.39 is 47.0 Å². The van der Waals surface area contributed by atoms with E-state index in [2.05, 4.69) is 9.97 Å². The normalized spacial score (nSPS) is 22.0. The van der Waals surface area contributed by atoms with Gasteiger partial charge in [0.1, 0.15) is 23.2 Å². The van der Waals surface area contributed by atoms with Crippen molar-refractivity contribution in [2.45, 2.75) is 37.6 Å². The number of amides is 1. The molecule has 2 aliphatic rings. The lowest BCUT2D eigenvalue weighted by molar-refractivity contribution is -0.153. The zero-order valence-electron chi connectivity index (χ0n) is 18.8. The number of nitrogens with one attached hydrogen (secondary N) is 1. The summed E-state index contributed by atoms with van der Waals surface area (Å²) in [5.74, 6) is -1.48. The molecule has 1 saturated carbocycles. The van der Waals surface area contributed by atoms with Crippen LogP contribution < -0.4 is 15.6 Å². The number of anilines is 1. The summed E-state index contributed by atoms with van der Waals surface area (Å²) >= 11 is 6.19. The highest BCUT2D eigenvalue weighted by Gasteiger charge is 2.59. The van der Waals surface area contributed by atoms with E-state index in [0.29, 0.717) is 25.3 Å². The van der Waals surface area contributed by atoms with Crippen LogP contribution in [0.1, 0.15) is 30.1 Å². The number of fused-ring (bicyclic) bond motifs is 2. The van der Waals surface area contributed by atoms with Crippen molar-refractivity contribution in [2.75, 3.05) is 18.0 Å². The van der Waals surface area contributed by atoms with Gasteiger partial charge in [-0.2, -0.15) is 13.2 Å². The van der Waals surface area contributed by atoms with Crippen LogP contribution in [0, 0.1) is 11.7 Å². The lowest BCUT2D eigenvalue weighted by atomic mass is 10.1. The molecule has 5 rings (SSSR count). The predicted octanol–water partition coefficient (Wildman–Crippen LogP) is 3.21. The van der Waals surface area contributed by atoms with E-state index >= 15 is 0 Å². The smallest absolute Gasteiger partial charge is 0.388 e. The topological polar surface area (TPSA) is 100 Å². The second-order valence-electron chi connectivity index (χ2n) is 9.10. The van der Waals surface area contributed by atoms with Crippen molar-refractivity contribution >= 4 is 34.4 Å². The summed E-state index contributed by atoms with van der Waals surface area (Å²) in [6.07, 6.45) is -2.57. The highest BCUT2D eigenvalue weighted by Crippen LogP contribution is 2.50. The standard InChI is InChI=1S/C23H20ClF4N5O3/c1-2-16(23(26,27)28)30-21(35)14-9-33(20-15(24)5-12(25)7-29-20)19-13(18(14)34)3-4-17(31-19)32-8-11-6-22(11,36)10-32/h3-5,7,9,11,16,36H,2,6,8,10H2,1H3,(H,30,35)/t11?,16-,22?/m1/s1. The Morgan fingerprint density at radius 1 is 1.39 bits per heavy atom. The number of piperidine rings is 1. The van der Waals surface area contributed by atoms with E-state index in [0.717, 1.165) is 18.5 Å². The van der Waals surface area contributed by atoms with Gasteiger partial charge in [0.25, 0.3) is 5.91 Å². The number of hydrogen-bond donors (Lipinski definition) is 2. The summed E-state index contributed by atoms with van der Waals surface area (Å²) < 4.78 is 54.6. The van der Waals surface area contributed by atoms with E-state index in [-0.39, 0.29) is 27.8 Å². The third-order valence-corrected chi connectivity index (χ3v) is 6.91. The minimum absolute atomic E-state index is 0.0190. The fourth-order valence-corrected chi connectivity index (χ4v) is 4.80. The van der Waals surface area contributed by atoms with Crippen LogP contribution in [0.5, 0.6) is 0 Å². The van der Waals surface area contributed by atoms with Crippen LogP contribution in [0.4, 0.5) is 23.4 Å². The fraction of sp³-hybridized carbons (Fsp3) is 0.391. The largest absolute Gasteiger partial charge is 0.408 e. The van der Waals surface area contributed by atoms with Crippen molar-refractivity contribution in [3.8, 4) is 5.82 Å². The van der Waals surface area contributed by atoms with Gasteiger partial charge in [0, 0.05) is 25.2 Å². The second-order valence-corrected chi connectivity index (χ2v) is 9.51. The molecule has 3 aromatic rings. The highest BCUT2D eigenvalue weighted by molar-refractivity contribution is 6.32. The number of pyridine rings is 3. The number of alkyl halides is 3. The first-order valence-electron chi connectivity index (χ1n) is 11.1. The monoisotopic (exact) mass is 525 g/mol. The minimum atomic E-state index is -4.71. The molecule has 2 unspecified atom stereocenters. The van der Waals surface area contributed by atoms with E-state index in [1.807, 2.05) is 10.2 Å². The molecule has 1 aliphatic carbocycles. The Labute approximate surface area is 206 Å². The predicted molar refractivity (Wildman–Crippen MR) is 123 cm³/mol. The lowest BCUT2D eigenvalue weighted by Crippen LogP contribution is -2.46. The van der Waals surface area contributed by atoms with Gasteiger partial charge in [0.15, 0.2) is 11.5 Å². The van der Waals surface area contributed by atoms with Gasteiger partial charge >= 0.3 is 6.18 Å². The zero-order valence-corrected chi connectivity index (χ0v) is 19.6. The van der Waals surface area contributed by atoms with Crippen molar-refractivity contribution in [1.82, 2.24) is 19.9 Å². The SMILES string of the molecule is CC[C@@H](NC(=O)c1cn(-c2ncc(F)cc2Cl)c2nc(N3CC4CC4(O)C3)ccc2c1=O)C(F)(F)F. The molecule has 1 saturated heterocycles. The molecule has 0 aromatic carbocycles. The van der Waals surface area contributed by atoms with Gasteiger partial charge in [-0.15, -0.1) is 0 Å². The second kappa shape index (κ2) is 8.41. The number of carbonyl (C=O) groups is 1. The van der Waals surface area contributed by atoms with Gasteiger partial charge < -0.3 is 15.3 Å². The molecule has 3 aromatic heterocycles. The number of carbonyl (C=O) groups excluding carboxylic acids is 1. The average molecular weight is 526 g/mol. The van der Waals surface area contributed by atoms with E-state index in [9.17, 15) is 32.3 Å². The minimum Gasteiger partial charge on any atom is -0.388 e. The summed E-state index contributed by atoms with van der Waals surface area (Å²) in [4.78, 5) is 36.3. The Morgan fingerprint density at radius 2 is 2.14 bits per heavy atom. The maximum absolute atomic E-state index is 13.7. The van der Waals surface area contributed by atoms with Crippen LogP contribution in [0.2, 0.25) is 5.02 Å². The van der Waals surface area contributed by atoms with Gasteiger partial charge in [0.05, 0.1) is 22.2 Å². The summed E-state index contributed by atoms with van der Waals surface area (Å²) in [5.41, 5.74) is -2.17. The molecule has 2 N–H and O–H groups in total. The van der Waals surface area contributed by atoms with Crippen molar-refractivity contribution < 1.29 is 27.5 Å². The van der Waals surface area contributed by atoms with Crippen molar-refractivity contribution in [3.05, 3.63) is 57.2 Å². The third-order valence-electron chi connectivity index (χ3n) is 6.64. The molecule has 190 valence electrons. The van der Waals surface area contributed by atoms with Crippen LogP contribution in [0.3, 0.4) is 0 Å². The van der Waals surface area contributed by atoms with Gasteiger partial charge in [-0.25, -0.2) is 14.4 Å². The van der Waals surface area contributed by atoms with E-state index in [1.165, 1.54) is 23.6 Å². The molecule has 1 amide bonds. The maximum Gasteiger partial charge on any atom is 0.408 e. The highest BCUT2D eigenvalue weighted by atomic mass is 35.5. The molecule has 3 atom stereocenters. The van der Waals surface area contributed by atoms with Crippen LogP contribution in [0.15, 0.2) is 35.4 Å². The van der Waals surface area contributed by atoms with Gasteiger partial charge in [-0.3, -0.25) is 14.2 Å². The number of aliphatic hydroxyl groups is 1. The van der Waals surface area contributed by atoms with Crippen molar-refractivity contribution in [1.29, 1.82) is 0 Å². The molecular weight excluding hydrogens is 506 g/mol. The Kier molecular flexibility index (Phi) is 5.71. The van der Waals surface area contributed by atoms with E-state index in [1.54, 1.807) is 0 Å². The number of aromatic nitrogens is 3. The van der Waals surface area contributed by atoms with Crippen molar-refractivity contribution in [3.63, 3.8) is 0 Å². The molecule has 1 aliphatic heterocycles. The zero-order chi connectivity index (χ0) is 26.0. The Morgan fingerprint density at radius 3 is 2.75 bits per heavy atom. The van der Waals surface area contributed by atoms with Gasteiger partial charge in [0.2, 0.25) is 5.43 Å². The van der Waals surface area contributed by atoms with Crippen LogP contribution in [-0.2, 0) is 0 Å². The quantitative estimate of drug-likeness (QED) is 0.496. The first-order chi connectivity index (χ1) is 16.9. The number of rotatable bonds is 5. The Balaban J connectivity index is 1.65. The fourth-order valence-electron chi connectivity index (χ4n) is 4.56. The molecule has 0 bridgehead atoms. The summed E-state index contributed by atoms with van der Waals surface area (Å²) in [5, 5.41) is 12.0. The van der Waals surface area contributed by atoms with Gasteiger partial charge in [-0.05, 0) is 31.0 Å². The van der Waals surface area contributed by atoms with Crippen molar-refractivity contribution in [2.24, 2.45) is 5.92 Å². The molecule has 13 heteroatoms. The first-order valence-corrected chi connectivity index (χ1v) is 11.5. The van der Waals surface area contributed by atoms with Gasteiger partial charge in [-0.1, -0.05) is 18.5 Å². The Bertz CT molecular complexity index is 1450. The first kappa shape index (κ1) is 24.4. The molecule has 0 radical (unpaired) electrons. The third kappa shape index (κ3) is 4.17. The van der Waals surface area contributed by atoms with Crippen LogP contribution >= 0.6 is 11.6 Å². The summed E-state index contributed by atoms with van der Waals surface area (Å²) in [7, 11) is 0. The molecule has 2 fully saturated rings. The van der Waals surface area contributed by atoms with E-state index in [4.69, 9.17) is 11.6 Å². The molecule has 8 nitrogen and oxygen atoms in total. The lowest BCUT2D eigenvalue weighted by Gasteiger charge is -2.22. The number of halogens is 5. The average Bonchev–Trinajstić information content (AvgIpc) is 3.32. The Hall–Kier alpha value is -3.25. The number of β-amino-alcohol motifs (C(OH)–C–C–N with tert-alkyl or cyclic N) is 1. The molecule has 36 heavy (non-hydrogen) atoms. The number of hydrogen-bond acceptors (Lipinski definition) is 6.